The zero-order valence-electron chi connectivity index (χ0n) is 9.27. The van der Waals surface area contributed by atoms with Crippen molar-refractivity contribution >= 4 is 27.6 Å². The van der Waals surface area contributed by atoms with Gasteiger partial charge in [0.05, 0.1) is 5.02 Å². The third-order valence-corrected chi connectivity index (χ3v) is 4.21. The highest BCUT2D eigenvalue weighted by Gasteiger charge is 2.33. The second kappa shape index (κ2) is 4.64. The summed E-state index contributed by atoms with van der Waals surface area (Å²) in [4.78, 5) is 10.7. The monoisotopic (exact) mass is 277 g/mol. The van der Waals surface area contributed by atoms with Crippen LogP contribution < -0.4 is 4.72 Å². The fourth-order valence-electron chi connectivity index (χ4n) is 1.10. The molecule has 0 unspecified atom stereocenters. The van der Waals surface area contributed by atoms with Gasteiger partial charge in [-0.2, -0.15) is 4.72 Å². The predicted molar refractivity (Wildman–Crippen MR) is 63.5 cm³/mol. The van der Waals surface area contributed by atoms with E-state index in [0.29, 0.717) is 0 Å². The molecule has 0 amide bonds. The number of hydrogen-bond acceptors (Lipinski definition) is 3. The molecule has 2 N–H and O–H groups in total. The molecule has 0 saturated heterocycles. The highest BCUT2D eigenvalue weighted by Crippen LogP contribution is 2.21. The molecule has 94 valence electrons. The number of halogens is 1. The number of rotatable bonds is 4. The molecule has 0 aliphatic carbocycles. The Bertz CT molecular complexity index is 539. The molecule has 1 rings (SSSR count). The van der Waals surface area contributed by atoms with Crippen LogP contribution in [0.2, 0.25) is 5.02 Å². The largest absolute Gasteiger partial charge is 0.480 e. The minimum Gasteiger partial charge on any atom is -0.480 e. The topological polar surface area (TPSA) is 83.5 Å². The van der Waals surface area contributed by atoms with Crippen LogP contribution in [0.3, 0.4) is 0 Å². The van der Waals surface area contributed by atoms with E-state index in [1.807, 2.05) is 0 Å². The fourth-order valence-corrected chi connectivity index (χ4v) is 2.99. The molecular weight excluding hydrogens is 266 g/mol. The zero-order chi connectivity index (χ0) is 13.3. The quantitative estimate of drug-likeness (QED) is 0.873. The van der Waals surface area contributed by atoms with Gasteiger partial charge in [-0.1, -0.05) is 23.7 Å². The molecule has 0 atom stereocenters. The fraction of sp³-hybridized carbons (Fsp3) is 0.300. The number of benzene rings is 1. The summed E-state index contributed by atoms with van der Waals surface area (Å²) in [6, 6.07) is 5.82. The average molecular weight is 278 g/mol. The lowest BCUT2D eigenvalue weighted by molar-refractivity contribution is -0.142. The van der Waals surface area contributed by atoms with E-state index in [1.54, 1.807) is 6.07 Å². The second-order valence-electron chi connectivity index (χ2n) is 3.97. The molecule has 1 aromatic carbocycles. The standard InChI is InChI=1S/C10H12ClNO4S/c1-10(2,9(13)14)12-17(15,16)8-6-4-3-5-7(8)11/h3-6,12H,1-2H3,(H,13,14). The highest BCUT2D eigenvalue weighted by molar-refractivity contribution is 7.89. The molecule has 0 fully saturated rings. The Kier molecular flexibility index (Phi) is 3.81. The lowest BCUT2D eigenvalue weighted by Crippen LogP contribution is -2.49. The summed E-state index contributed by atoms with van der Waals surface area (Å²) in [5.41, 5.74) is -1.60. The van der Waals surface area contributed by atoms with Crippen LogP contribution in [0.4, 0.5) is 0 Å². The van der Waals surface area contributed by atoms with Crippen molar-refractivity contribution in [2.45, 2.75) is 24.3 Å². The van der Waals surface area contributed by atoms with Gasteiger partial charge in [0.25, 0.3) is 0 Å². The first kappa shape index (κ1) is 14.0. The summed E-state index contributed by atoms with van der Waals surface area (Å²) < 4.78 is 25.9. The SMILES string of the molecule is CC(C)(NS(=O)(=O)c1ccccc1Cl)C(=O)O. The summed E-state index contributed by atoms with van der Waals surface area (Å²) in [6.07, 6.45) is 0. The number of aliphatic carboxylic acids is 1. The molecule has 0 saturated carbocycles. The maximum atomic E-state index is 11.9. The first-order valence-electron chi connectivity index (χ1n) is 4.69. The lowest BCUT2D eigenvalue weighted by Gasteiger charge is -2.21. The molecule has 0 spiro atoms. The minimum atomic E-state index is -3.96. The second-order valence-corrected chi connectivity index (χ2v) is 6.02. The highest BCUT2D eigenvalue weighted by atomic mass is 35.5. The molecular formula is C10H12ClNO4S. The molecule has 0 aromatic heterocycles. The van der Waals surface area contributed by atoms with Gasteiger partial charge in [-0.3, -0.25) is 4.79 Å². The van der Waals surface area contributed by atoms with Crippen LogP contribution in [0.5, 0.6) is 0 Å². The van der Waals surface area contributed by atoms with Crippen LogP contribution in [-0.2, 0) is 14.8 Å². The van der Waals surface area contributed by atoms with Crippen LogP contribution >= 0.6 is 11.6 Å². The van der Waals surface area contributed by atoms with E-state index in [0.717, 1.165) is 0 Å². The van der Waals surface area contributed by atoms with Crippen molar-refractivity contribution in [1.29, 1.82) is 0 Å². The van der Waals surface area contributed by atoms with Gasteiger partial charge in [-0.15, -0.1) is 0 Å². The summed E-state index contributed by atoms with van der Waals surface area (Å²) in [6.45, 7) is 2.51. The average Bonchev–Trinajstić information content (AvgIpc) is 2.16. The van der Waals surface area contributed by atoms with Crippen LogP contribution in [0.25, 0.3) is 0 Å². The van der Waals surface area contributed by atoms with Gasteiger partial charge in [0.15, 0.2) is 0 Å². The third kappa shape index (κ3) is 3.18. The lowest BCUT2D eigenvalue weighted by atomic mass is 10.1. The number of carboxylic acids is 1. The van der Waals surface area contributed by atoms with Crippen LogP contribution in [0.15, 0.2) is 29.2 Å². The van der Waals surface area contributed by atoms with E-state index in [2.05, 4.69) is 4.72 Å². The van der Waals surface area contributed by atoms with Crippen molar-refractivity contribution in [3.8, 4) is 0 Å². The van der Waals surface area contributed by atoms with Crippen molar-refractivity contribution in [3.63, 3.8) is 0 Å². The first-order chi connectivity index (χ1) is 7.67. The minimum absolute atomic E-state index is 0.0428. The number of hydrogen-bond donors (Lipinski definition) is 2. The molecule has 0 radical (unpaired) electrons. The maximum Gasteiger partial charge on any atom is 0.324 e. The van der Waals surface area contributed by atoms with Gasteiger partial charge in [-0.05, 0) is 26.0 Å². The molecule has 0 heterocycles. The Morgan fingerprint density at radius 1 is 1.35 bits per heavy atom. The predicted octanol–water partition coefficient (Wildman–Crippen LogP) is 1.48. The molecule has 0 aliphatic rings. The van der Waals surface area contributed by atoms with Crippen LogP contribution in [0, 0.1) is 0 Å². The van der Waals surface area contributed by atoms with E-state index in [9.17, 15) is 13.2 Å². The number of nitrogens with one attached hydrogen (secondary N) is 1. The van der Waals surface area contributed by atoms with Gasteiger partial charge >= 0.3 is 5.97 Å². The first-order valence-corrected chi connectivity index (χ1v) is 6.55. The van der Waals surface area contributed by atoms with Crippen molar-refractivity contribution in [1.82, 2.24) is 4.72 Å². The van der Waals surface area contributed by atoms with Gasteiger partial charge in [0, 0.05) is 0 Å². The van der Waals surface area contributed by atoms with E-state index >= 15 is 0 Å². The van der Waals surface area contributed by atoms with E-state index in [1.165, 1.54) is 32.0 Å². The van der Waals surface area contributed by atoms with Crippen molar-refractivity contribution in [2.75, 3.05) is 0 Å². The van der Waals surface area contributed by atoms with Crippen molar-refractivity contribution < 1.29 is 18.3 Å². The Balaban J connectivity index is 3.15. The van der Waals surface area contributed by atoms with Crippen molar-refractivity contribution in [2.24, 2.45) is 0 Å². The molecule has 0 bridgehead atoms. The molecule has 0 aliphatic heterocycles. The summed E-state index contributed by atoms with van der Waals surface area (Å²) in [5, 5.41) is 8.90. The van der Waals surface area contributed by atoms with Gasteiger partial charge in [-0.25, -0.2) is 8.42 Å². The van der Waals surface area contributed by atoms with Crippen LogP contribution in [-0.4, -0.2) is 25.0 Å². The smallest absolute Gasteiger partial charge is 0.324 e. The third-order valence-electron chi connectivity index (χ3n) is 2.05. The maximum absolute atomic E-state index is 11.9. The number of sulfonamides is 1. The number of carbonyl (C=O) groups is 1. The Morgan fingerprint density at radius 3 is 2.35 bits per heavy atom. The Hall–Kier alpha value is -1.11. The molecule has 1 aromatic rings. The van der Waals surface area contributed by atoms with Crippen LogP contribution in [0.1, 0.15) is 13.8 Å². The van der Waals surface area contributed by atoms with Gasteiger partial charge in [0.2, 0.25) is 10.0 Å². The van der Waals surface area contributed by atoms with E-state index in [-0.39, 0.29) is 9.92 Å². The van der Waals surface area contributed by atoms with Gasteiger partial charge in [0.1, 0.15) is 10.4 Å². The summed E-state index contributed by atoms with van der Waals surface area (Å²) >= 11 is 5.75. The number of carboxylic acid groups (broad SMARTS) is 1. The Morgan fingerprint density at radius 2 is 1.88 bits per heavy atom. The van der Waals surface area contributed by atoms with Gasteiger partial charge < -0.3 is 5.11 Å². The molecule has 17 heavy (non-hydrogen) atoms. The van der Waals surface area contributed by atoms with E-state index < -0.39 is 21.5 Å². The normalized spacial score (nSPS) is 12.4. The summed E-state index contributed by atoms with van der Waals surface area (Å²) in [5.74, 6) is -1.27. The summed E-state index contributed by atoms with van der Waals surface area (Å²) in [7, 11) is -3.96. The van der Waals surface area contributed by atoms with E-state index in [4.69, 9.17) is 16.7 Å². The molecule has 7 heteroatoms. The molecule has 5 nitrogen and oxygen atoms in total. The zero-order valence-corrected chi connectivity index (χ0v) is 10.8. The Labute approximate surface area is 104 Å². The van der Waals surface area contributed by atoms with Crippen molar-refractivity contribution in [3.05, 3.63) is 29.3 Å².